The van der Waals surface area contributed by atoms with Crippen LogP contribution in [-0.2, 0) is 0 Å². The van der Waals surface area contributed by atoms with E-state index in [0.717, 1.165) is 78.0 Å². The number of fused-ring (bicyclic) bond motifs is 4. The Bertz CT molecular complexity index is 2470. The molecule has 0 saturated heterocycles. The Morgan fingerprint density at radius 2 is 1.06 bits per heavy atom. The van der Waals surface area contributed by atoms with Crippen molar-refractivity contribution in [1.29, 1.82) is 0 Å². The van der Waals surface area contributed by atoms with E-state index >= 15 is 0 Å². The molecule has 0 bridgehead atoms. The number of aromatic nitrogens is 1. The number of nitrogens with one attached hydrogen (secondary N) is 1. The van der Waals surface area contributed by atoms with Gasteiger partial charge in [-0.05, 0) is 28.8 Å². The zero-order valence-electron chi connectivity index (χ0n) is 25.3. The number of rotatable bonds is 5. The van der Waals surface area contributed by atoms with Crippen molar-refractivity contribution < 1.29 is 4.42 Å². The van der Waals surface area contributed by atoms with Crippen LogP contribution < -0.4 is 5.32 Å². The summed E-state index contributed by atoms with van der Waals surface area (Å²) < 4.78 is 6.68. The molecule has 1 atom stereocenters. The van der Waals surface area contributed by atoms with Crippen molar-refractivity contribution in [3.63, 3.8) is 0 Å². The fourth-order valence-electron chi connectivity index (χ4n) is 6.40. The van der Waals surface area contributed by atoms with Crippen molar-refractivity contribution in [3.05, 3.63) is 174 Å². The highest BCUT2D eigenvalue weighted by atomic mass is 16.3. The number of nitrogens with zero attached hydrogens (tertiary/aromatic N) is 3. The van der Waals surface area contributed by atoms with E-state index in [1.807, 2.05) is 60.7 Å². The average molecular weight is 605 g/mol. The van der Waals surface area contributed by atoms with Crippen molar-refractivity contribution in [2.24, 2.45) is 9.98 Å². The van der Waals surface area contributed by atoms with Gasteiger partial charge >= 0.3 is 0 Å². The third-order valence-corrected chi connectivity index (χ3v) is 8.74. The van der Waals surface area contributed by atoms with Gasteiger partial charge in [0.25, 0.3) is 0 Å². The van der Waals surface area contributed by atoms with E-state index in [1.54, 1.807) is 0 Å². The number of benzene rings is 6. The van der Waals surface area contributed by atoms with Crippen molar-refractivity contribution in [3.8, 4) is 22.3 Å². The van der Waals surface area contributed by atoms with E-state index < -0.39 is 6.17 Å². The molecule has 2 aromatic heterocycles. The lowest BCUT2D eigenvalue weighted by atomic mass is 9.98. The molecular formula is C42H28N4O. The first kappa shape index (κ1) is 27.0. The first-order valence-corrected chi connectivity index (χ1v) is 15.7. The van der Waals surface area contributed by atoms with E-state index in [0.29, 0.717) is 0 Å². The normalized spacial score (nSPS) is 14.6. The van der Waals surface area contributed by atoms with Gasteiger partial charge in [-0.3, -0.25) is 0 Å². The lowest BCUT2D eigenvalue weighted by Crippen LogP contribution is -2.36. The molecule has 3 heterocycles. The maximum Gasteiger partial charge on any atom is 0.170 e. The summed E-state index contributed by atoms with van der Waals surface area (Å²) in [6, 6.07) is 54.0. The summed E-state index contributed by atoms with van der Waals surface area (Å²) >= 11 is 0. The van der Waals surface area contributed by atoms with Gasteiger partial charge in [0.2, 0.25) is 0 Å². The molecule has 9 rings (SSSR count). The van der Waals surface area contributed by atoms with Crippen LogP contribution in [0, 0.1) is 0 Å². The zero-order chi connectivity index (χ0) is 31.2. The molecule has 0 radical (unpaired) electrons. The van der Waals surface area contributed by atoms with Gasteiger partial charge in [-0.1, -0.05) is 146 Å². The predicted octanol–water partition coefficient (Wildman–Crippen LogP) is 9.96. The Balaban J connectivity index is 1.25. The second-order valence-electron chi connectivity index (χ2n) is 11.7. The van der Waals surface area contributed by atoms with E-state index in [1.165, 1.54) is 5.56 Å². The molecule has 8 aromatic rings. The van der Waals surface area contributed by atoms with Gasteiger partial charge in [-0.25, -0.2) is 15.0 Å². The fraction of sp³-hybridized carbons (Fsp3) is 0.0238. The topological polar surface area (TPSA) is 62.8 Å². The Kier molecular flexibility index (Phi) is 6.46. The lowest BCUT2D eigenvalue weighted by molar-refractivity contribution is 0.668. The Labute approximate surface area is 271 Å². The van der Waals surface area contributed by atoms with Crippen LogP contribution in [-0.4, -0.2) is 16.7 Å². The number of hydrogen-bond donors (Lipinski definition) is 1. The van der Waals surface area contributed by atoms with Crippen LogP contribution in [0.3, 0.4) is 0 Å². The van der Waals surface area contributed by atoms with Crippen LogP contribution in [0.2, 0.25) is 0 Å². The highest BCUT2D eigenvalue weighted by molar-refractivity contribution is 6.17. The van der Waals surface area contributed by atoms with E-state index in [9.17, 15) is 0 Å². The highest BCUT2D eigenvalue weighted by Gasteiger charge is 2.26. The Morgan fingerprint density at radius 3 is 1.77 bits per heavy atom. The van der Waals surface area contributed by atoms with Gasteiger partial charge in [0.1, 0.15) is 22.8 Å². The maximum atomic E-state index is 6.68. The minimum atomic E-state index is -0.531. The smallest absolute Gasteiger partial charge is 0.170 e. The summed E-state index contributed by atoms with van der Waals surface area (Å²) in [7, 11) is 0. The minimum Gasteiger partial charge on any atom is -0.454 e. The second kappa shape index (κ2) is 11.2. The molecule has 47 heavy (non-hydrogen) atoms. The van der Waals surface area contributed by atoms with Crippen molar-refractivity contribution in [2.45, 2.75) is 6.17 Å². The van der Waals surface area contributed by atoms with Gasteiger partial charge < -0.3 is 9.73 Å². The van der Waals surface area contributed by atoms with Crippen LogP contribution in [0.5, 0.6) is 0 Å². The monoisotopic (exact) mass is 604 g/mol. The van der Waals surface area contributed by atoms with Crippen LogP contribution >= 0.6 is 0 Å². The SMILES string of the molecule is c1ccc(C2=NC(c3ccc(-c4ccccc4)c4oc5cc6ccccc6nc5c34)N=C(c3ccc(-c4ccccc4)cc3)N2)cc1. The molecule has 1 aliphatic heterocycles. The summed E-state index contributed by atoms with van der Waals surface area (Å²) in [5, 5.41) is 5.51. The number of hydrogen-bond acceptors (Lipinski definition) is 5. The largest absolute Gasteiger partial charge is 0.454 e. The zero-order valence-corrected chi connectivity index (χ0v) is 25.3. The van der Waals surface area contributed by atoms with Gasteiger partial charge in [-0.15, -0.1) is 0 Å². The quantitative estimate of drug-likeness (QED) is 0.213. The molecule has 5 nitrogen and oxygen atoms in total. The van der Waals surface area contributed by atoms with Gasteiger partial charge in [0.15, 0.2) is 11.7 Å². The Morgan fingerprint density at radius 1 is 0.511 bits per heavy atom. The molecule has 222 valence electrons. The molecule has 5 heteroatoms. The molecule has 1 unspecified atom stereocenters. The third-order valence-electron chi connectivity index (χ3n) is 8.74. The first-order valence-electron chi connectivity index (χ1n) is 15.7. The van der Waals surface area contributed by atoms with E-state index in [-0.39, 0.29) is 0 Å². The number of amidine groups is 2. The summed E-state index contributed by atoms with van der Waals surface area (Å²) in [5.41, 5.74) is 10.6. The Hall–Kier alpha value is -6.33. The standard InChI is InChI=1S/C42H28N4O/c1-4-12-27(13-5-1)28-20-22-31(23-21-28)41-44-40(30-16-8-3-9-17-30)45-42(46-41)34-25-24-33(29-14-6-2-7-15-29)39-37(34)38-36(47-39)26-32-18-10-11-19-35(32)43-38/h1-26,42H,(H,44,45,46). The van der Waals surface area contributed by atoms with Crippen LogP contribution in [0.15, 0.2) is 172 Å². The van der Waals surface area contributed by atoms with E-state index in [4.69, 9.17) is 19.4 Å². The number of para-hydroxylation sites is 1. The van der Waals surface area contributed by atoms with Crippen molar-refractivity contribution >= 4 is 44.6 Å². The maximum absolute atomic E-state index is 6.68. The molecule has 0 amide bonds. The second-order valence-corrected chi connectivity index (χ2v) is 11.7. The van der Waals surface area contributed by atoms with Crippen molar-refractivity contribution in [1.82, 2.24) is 10.3 Å². The van der Waals surface area contributed by atoms with Gasteiger partial charge in [-0.2, -0.15) is 0 Å². The number of furan rings is 1. The summed E-state index contributed by atoms with van der Waals surface area (Å²) in [6.45, 7) is 0. The highest BCUT2D eigenvalue weighted by Crippen LogP contribution is 2.41. The summed E-state index contributed by atoms with van der Waals surface area (Å²) in [5.74, 6) is 1.52. The average Bonchev–Trinajstić information content (AvgIpc) is 3.53. The van der Waals surface area contributed by atoms with Crippen LogP contribution in [0.4, 0.5) is 0 Å². The molecular weight excluding hydrogens is 576 g/mol. The molecule has 0 fully saturated rings. The third kappa shape index (κ3) is 4.86. The molecule has 0 spiro atoms. The molecule has 1 N–H and O–H groups in total. The number of aliphatic imine (C=N–C) groups is 2. The van der Waals surface area contributed by atoms with Crippen LogP contribution in [0.1, 0.15) is 22.9 Å². The number of pyridine rings is 1. The molecule has 0 aliphatic carbocycles. The lowest BCUT2D eigenvalue weighted by Gasteiger charge is -2.23. The van der Waals surface area contributed by atoms with Gasteiger partial charge in [0.05, 0.1) is 10.9 Å². The fourth-order valence-corrected chi connectivity index (χ4v) is 6.40. The predicted molar refractivity (Wildman–Crippen MR) is 192 cm³/mol. The van der Waals surface area contributed by atoms with Crippen molar-refractivity contribution in [2.75, 3.05) is 0 Å². The molecule has 1 aliphatic rings. The molecule has 6 aromatic carbocycles. The summed E-state index contributed by atoms with van der Waals surface area (Å²) in [6.07, 6.45) is -0.531. The van der Waals surface area contributed by atoms with Crippen LogP contribution in [0.25, 0.3) is 55.2 Å². The van der Waals surface area contributed by atoms with E-state index in [2.05, 4.69) is 102 Å². The molecule has 0 saturated carbocycles. The minimum absolute atomic E-state index is 0.531. The summed E-state index contributed by atoms with van der Waals surface area (Å²) in [4.78, 5) is 15.6. The van der Waals surface area contributed by atoms with Gasteiger partial charge in [0, 0.05) is 27.6 Å². The first-order chi connectivity index (χ1) is 23.3.